The first-order valence-electron chi connectivity index (χ1n) is 12.3. The number of nitrogens with zero attached hydrogens (tertiary/aromatic N) is 6. The molecule has 9 nitrogen and oxygen atoms in total. The molecule has 1 aromatic carbocycles. The number of fused-ring (bicyclic) bond motifs is 2. The second-order valence-corrected chi connectivity index (χ2v) is 11.0. The normalized spacial score (nSPS) is 24.4. The third kappa shape index (κ3) is 4.71. The summed E-state index contributed by atoms with van der Waals surface area (Å²) in [4.78, 5) is 15.7. The summed E-state index contributed by atoms with van der Waals surface area (Å²) in [5, 5.41) is 8.61. The average Bonchev–Trinajstić information content (AvgIpc) is 3.26. The predicted molar refractivity (Wildman–Crippen MR) is 133 cm³/mol. The lowest BCUT2D eigenvalue weighted by Gasteiger charge is -2.38. The Morgan fingerprint density at radius 1 is 1.17 bits per heavy atom. The van der Waals surface area contributed by atoms with Crippen molar-refractivity contribution in [2.24, 2.45) is 17.3 Å². The molecule has 4 heterocycles. The van der Waals surface area contributed by atoms with Crippen LogP contribution in [0.15, 0.2) is 30.6 Å². The van der Waals surface area contributed by atoms with Crippen LogP contribution in [0.1, 0.15) is 25.5 Å². The van der Waals surface area contributed by atoms with Crippen molar-refractivity contribution >= 4 is 23.4 Å². The van der Waals surface area contributed by atoms with Crippen LogP contribution in [-0.2, 0) is 11.3 Å². The molecule has 3 atom stereocenters. The molecule has 2 aliphatic heterocycles. The predicted octanol–water partition coefficient (Wildman–Crippen LogP) is 4.32. The average molecular weight is 514 g/mol. The summed E-state index contributed by atoms with van der Waals surface area (Å²) in [6.07, 6.45) is 3.92. The Balaban J connectivity index is 1.22. The number of nitrogens with one attached hydrogen (secondary N) is 1. The minimum atomic E-state index is -0.469. The van der Waals surface area contributed by atoms with E-state index in [2.05, 4.69) is 32.1 Å². The van der Waals surface area contributed by atoms with Gasteiger partial charge < -0.3 is 19.7 Å². The number of hydrogen-bond donors (Lipinski definition) is 1. The highest BCUT2D eigenvalue weighted by atomic mass is 35.5. The van der Waals surface area contributed by atoms with E-state index in [0.717, 1.165) is 37.4 Å². The molecule has 3 aliphatic rings. The summed E-state index contributed by atoms with van der Waals surface area (Å²) in [6, 6.07) is 6.70. The summed E-state index contributed by atoms with van der Waals surface area (Å²) in [5.74, 6) is 2.22. The van der Waals surface area contributed by atoms with Gasteiger partial charge >= 0.3 is 6.01 Å². The molecule has 1 N–H and O–H groups in total. The van der Waals surface area contributed by atoms with E-state index in [0.29, 0.717) is 43.6 Å². The highest BCUT2D eigenvalue weighted by Gasteiger charge is 2.43. The summed E-state index contributed by atoms with van der Waals surface area (Å²) in [7, 11) is 0. The first kappa shape index (κ1) is 23.4. The molecule has 0 amide bonds. The van der Waals surface area contributed by atoms with Crippen molar-refractivity contribution < 1.29 is 13.9 Å². The number of hydrogen-bond acceptors (Lipinski definition) is 8. The molecule has 3 fully saturated rings. The fourth-order valence-corrected chi connectivity index (χ4v) is 5.78. The fourth-order valence-electron chi connectivity index (χ4n) is 5.57. The van der Waals surface area contributed by atoms with Gasteiger partial charge in [0.15, 0.2) is 0 Å². The monoisotopic (exact) mass is 513 g/mol. The quantitative estimate of drug-likeness (QED) is 0.499. The number of halogens is 2. The van der Waals surface area contributed by atoms with E-state index in [1.165, 1.54) is 12.1 Å². The van der Waals surface area contributed by atoms with Crippen molar-refractivity contribution in [3.63, 3.8) is 0 Å². The van der Waals surface area contributed by atoms with E-state index in [1.54, 1.807) is 17.1 Å². The SMILES string of the molecule is Cc1cc(N2C[C@H]3CC[C@@H](C2)[C@@H]3Nc2nc(Oc3cc(F)cc(Cl)c3)n(CC3(C)COC3)n2)ncn1. The van der Waals surface area contributed by atoms with E-state index in [1.807, 2.05) is 13.0 Å². The van der Waals surface area contributed by atoms with Gasteiger partial charge in [-0.25, -0.2) is 19.0 Å². The molecule has 0 unspecified atom stereocenters. The largest absolute Gasteiger partial charge is 0.424 e. The number of aryl methyl sites for hydroxylation is 1. The highest BCUT2D eigenvalue weighted by molar-refractivity contribution is 6.30. The molecular formula is C25H29ClFN7O2. The lowest BCUT2D eigenvalue weighted by atomic mass is 9.89. The fraction of sp³-hybridized carbons (Fsp3) is 0.520. The summed E-state index contributed by atoms with van der Waals surface area (Å²) < 4.78 is 27.0. The molecule has 6 rings (SSSR count). The number of aromatic nitrogens is 5. The molecule has 2 saturated heterocycles. The molecule has 2 aromatic heterocycles. The van der Waals surface area contributed by atoms with Gasteiger partial charge in [0.25, 0.3) is 0 Å². The Labute approximate surface area is 214 Å². The number of anilines is 2. The van der Waals surface area contributed by atoms with Crippen LogP contribution < -0.4 is 15.0 Å². The molecule has 11 heteroatoms. The first-order valence-corrected chi connectivity index (χ1v) is 12.7. The lowest BCUT2D eigenvalue weighted by Crippen LogP contribution is -2.48. The molecule has 0 spiro atoms. The van der Waals surface area contributed by atoms with Crippen molar-refractivity contribution in [1.82, 2.24) is 24.7 Å². The van der Waals surface area contributed by atoms with Gasteiger partial charge in [-0.1, -0.05) is 18.5 Å². The summed E-state index contributed by atoms with van der Waals surface area (Å²) >= 11 is 6.03. The van der Waals surface area contributed by atoms with Crippen LogP contribution in [-0.4, -0.2) is 57.1 Å². The Morgan fingerprint density at radius 2 is 1.94 bits per heavy atom. The molecule has 1 aliphatic carbocycles. The maximum atomic E-state index is 13.9. The van der Waals surface area contributed by atoms with Gasteiger partial charge in [-0.05, 0) is 43.7 Å². The second kappa shape index (κ2) is 9.15. The maximum Gasteiger partial charge on any atom is 0.322 e. The standard InChI is InChI=1S/C25H29ClFN7O2/c1-15-5-21(29-14-28-15)33-9-16-3-4-17(10-33)22(16)30-23-31-24(34(32-23)11-25(2)12-35-13-25)36-20-7-18(26)6-19(27)8-20/h5-8,14,16-17,22H,3-4,9-13H2,1-2H3,(H,30,32)/t16-,17+,22-. The van der Waals surface area contributed by atoms with Gasteiger partial charge in [-0.15, -0.1) is 5.10 Å². The molecule has 36 heavy (non-hydrogen) atoms. The zero-order valence-electron chi connectivity index (χ0n) is 20.3. The van der Waals surface area contributed by atoms with Gasteiger partial charge in [0, 0.05) is 47.4 Å². The van der Waals surface area contributed by atoms with Crippen molar-refractivity contribution in [3.8, 4) is 11.8 Å². The number of piperidine rings is 1. The van der Waals surface area contributed by atoms with Crippen molar-refractivity contribution in [3.05, 3.63) is 47.1 Å². The molecule has 190 valence electrons. The Kier molecular flexibility index (Phi) is 5.95. The Bertz CT molecular complexity index is 1230. The maximum absolute atomic E-state index is 13.9. The van der Waals surface area contributed by atoms with E-state index in [-0.39, 0.29) is 22.2 Å². The van der Waals surface area contributed by atoms with E-state index < -0.39 is 5.82 Å². The molecular weight excluding hydrogens is 485 g/mol. The van der Waals surface area contributed by atoms with Crippen LogP contribution in [0, 0.1) is 30.0 Å². The zero-order valence-corrected chi connectivity index (χ0v) is 21.1. The van der Waals surface area contributed by atoms with Crippen LogP contribution in [0.5, 0.6) is 11.8 Å². The third-order valence-electron chi connectivity index (χ3n) is 7.36. The van der Waals surface area contributed by atoms with Crippen molar-refractivity contribution in [2.75, 3.05) is 36.5 Å². The third-order valence-corrected chi connectivity index (χ3v) is 7.58. The molecule has 1 saturated carbocycles. The number of benzene rings is 1. The highest BCUT2D eigenvalue weighted by Crippen LogP contribution is 2.40. The van der Waals surface area contributed by atoms with E-state index >= 15 is 0 Å². The van der Waals surface area contributed by atoms with Gasteiger partial charge in [0.1, 0.15) is 23.7 Å². The van der Waals surface area contributed by atoms with Crippen molar-refractivity contribution in [1.29, 1.82) is 0 Å². The van der Waals surface area contributed by atoms with Gasteiger partial charge in [-0.2, -0.15) is 4.98 Å². The van der Waals surface area contributed by atoms with Gasteiger partial charge in [0.2, 0.25) is 5.95 Å². The lowest BCUT2D eigenvalue weighted by molar-refractivity contribution is -0.112. The van der Waals surface area contributed by atoms with Gasteiger partial charge in [0.05, 0.1) is 19.8 Å². The molecule has 2 bridgehead atoms. The Morgan fingerprint density at radius 3 is 2.61 bits per heavy atom. The molecule has 0 radical (unpaired) electrons. The van der Waals surface area contributed by atoms with E-state index in [4.69, 9.17) is 26.2 Å². The van der Waals surface area contributed by atoms with Crippen LogP contribution in [0.4, 0.5) is 16.2 Å². The number of ether oxygens (including phenoxy) is 2. The van der Waals surface area contributed by atoms with Crippen molar-refractivity contribution in [2.45, 2.75) is 39.3 Å². The van der Waals surface area contributed by atoms with Crippen LogP contribution in [0.3, 0.4) is 0 Å². The molecule has 3 aromatic rings. The second-order valence-electron chi connectivity index (χ2n) is 10.6. The Hall–Kier alpha value is -2.98. The first-order chi connectivity index (χ1) is 17.3. The minimum Gasteiger partial charge on any atom is -0.424 e. The van der Waals surface area contributed by atoms with Gasteiger partial charge in [-0.3, -0.25) is 0 Å². The van der Waals surface area contributed by atoms with Crippen LogP contribution in [0.25, 0.3) is 0 Å². The van der Waals surface area contributed by atoms with E-state index in [9.17, 15) is 4.39 Å². The topological polar surface area (TPSA) is 90.2 Å². The summed E-state index contributed by atoms with van der Waals surface area (Å²) in [6.45, 7) is 7.84. The minimum absolute atomic E-state index is 0.0529. The van der Waals surface area contributed by atoms with Crippen LogP contribution in [0.2, 0.25) is 5.02 Å². The smallest absolute Gasteiger partial charge is 0.322 e. The van der Waals surface area contributed by atoms with Crippen LogP contribution >= 0.6 is 11.6 Å². The summed E-state index contributed by atoms with van der Waals surface area (Å²) in [5.41, 5.74) is 0.919. The number of rotatable bonds is 7. The zero-order chi connectivity index (χ0) is 24.9.